The summed E-state index contributed by atoms with van der Waals surface area (Å²) in [5.41, 5.74) is 3.67. The molecule has 3 rings (SSSR count). The average Bonchev–Trinajstić information content (AvgIpc) is 2.44. The van der Waals surface area contributed by atoms with E-state index in [1.807, 2.05) is 6.07 Å². The first kappa shape index (κ1) is 13.0. The molecule has 0 saturated carbocycles. The Hall–Kier alpha value is -2.04. The summed E-state index contributed by atoms with van der Waals surface area (Å²) in [6.07, 6.45) is 3.58. The van der Waals surface area contributed by atoms with Gasteiger partial charge in [0.1, 0.15) is 6.04 Å². The highest BCUT2D eigenvalue weighted by molar-refractivity contribution is 5.90. The quantitative estimate of drug-likeness (QED) is 0.821. The van der Waals surface area contributed by atoms with Gasteiger partial charge in [-0.15, -0.1) is 0 Å². The predicted molar refractivity (Wildman–Crippen MR) is 73.4 cm³/mol. The zero-order chi connectivity index (χ0) is 14.1. The Morgan fingerprint density at radius 1 is 1.30 bits per heavy atom. The van der Waals surface area contributed by atoms with Gasteiger partial charge in [0.2, 0.25) is 5.91 Å². The number of hydrogen-bond acceptors (Lipinski definition) is 2. The molecule has 2 amide bonds. The van der Waals surface area contributed by atoms with Crippen LogP contribution in [0.4, 0.5) is 4.79 Å². The monoisotopic (exact) mass is 274 g/mol. The molecule has 5 nitrogen and oxygen atoms in total. The van der Waals surface area contributed by atoms with Gasteiger partial charge in [-0.05, 0) is 42.4 Å². The molecule has 106 valence electrons. The lowest BCUT2D eigenvalue weighted by Gasteiger charge is -2.35. The third-order valence-electron chi connectivity index (χ3n) is 4.16. The summed E-state index contributed by atoms with van der Waals surface area (Å²) in [5, 5.41) is 11.9. The van der Waals surface area contributed by atoms with Crippen molar-refractivity contribution in [2.24, 2.45) is 0 Å². The molecule has 0 aromatic heterocycles. The number of hydrogen-bond donors (Lipinski definition) is 2. The molecular weight excluding hydrogens is 256 g/mol. The zero-order valence-electron chi connectivity index (χ0n) is 11.3. The third-order valence-corrected chi connectivity index (χ3v) is 4.16. The van der Waals surface area contributed by atoms with Crippen LogP contribution in [-0.4, -0.2) is 34.6 Å². The van der Waals surface area contributed by atoms with Crippen molar-refractivity contribution >= 4 is 12.0 Å². The van der Waals surface area contributed by atoms with Gasteiger partial charge in [0.25, 0.3) is 0 Å². The van der Waals surface area contributed by atoms with Crippen molar-refractivity contribution in [3.63, 3.8) is 0 Å². The van der Waals surface area contributed by atoms with Crippen LogP contribution in [0.5, 0.6) is 0 Å². The smallest absolute Gasteiger partial charge is 0.408 e. The molecule has 1 aromatic rings. The Morgan fingerprint density at radius 3 is 2.65 bits per heavy atom. The zero-order valence-corrected chi connectivity index (χ0v) is 11.3. The van der Waals surface area contributed by atoms with Gasteiger partial charge in [-0.25, -0.2) is 4.79 Å². The topological polar surface area (TPSA) is 69.6 Å². The number of aryl methyl sites for hydroxylation is 2. The number of carbonyl (C=O) groups is 2. The van der Waals surface area contributed by atoms with Crippen molar-refractivity contribution in [1.29, 1.82) is 0 Å². The molecule has 5 heteroatoms. The number of rotatable bonds is 3. The minimum absolute atomic E-state index is 0.203. The number of nitrogens with zero attached hydrogens (tertiary/aromatic N) is 1. The molecule has 0 bridgehead atoms. The summed E-state index contributed by atoms with van der Waals surface area (Å²) < 4.78 is 0. The van der Waals surface area contributed by atoms with E-state index in [1.165, 1.54) is 28.9 Å². The molecule has 1 saturated heterocycles. The summed E-state index contributed by atoms with van der Waals surface area (Å²) in [6, 6.07) is 5.64. The summed E-state index contributed by atoms with van der Waals surface area (Å²) >= 11 is 0. The first-order valence-electron chi connectivity index (χ1n) is 7.03. The van der Waals surface area contributed by atoms with Crippen LogP contribution in [0.1, 0.15) is 29.5 Å². The number of carbonyl (C=O) groups excluding carboxylic acids is 1. The maximum absolute atomic E-state index is 11.4. The second kappa shape index (κ2) is 5.15. The van der Waals surface area contributed by atoms with E-state index in [0.717, 1.165) is 18.4 Å². The fraction of sp³-hybridized carbons (Fsp3) is 0.467. The highest BCUT2D eigenvalue weighted by atomic mass is 16.4. The molecule has 1 aliphatic heterocycles. The number of benzene rings is 1. The van der Waals surface area contributed by atoms with Crippen LogP contribution in [0.25, 0.3) is 0 Å². The number of carboxylic acid groups (broad SMARTS) is 1. The van der Waals surface area contributed by atoms with E-state index in [9.17, 15) is 14.7 Å². The van der Waals surface area contributed by atoms with Gasteiger partial charge >= 0.3 is 6.09 Å². The van der Waals surface area contributed by atoms with Crippen LogP contribution in [0, 0.1) is 0 Å². The van der Waals surface area contributed by atoms with E-state index in [1.54, 1.807) is 0 Å². The molecule has 1 aromatic carbocycles. The minimum atomic E-state index is -1.04. The Balaban J connectivity index is 1.78. The molecule has 20 heavy (non-hydrogen) atoms. The number of fused-ring (bicyclic) bond motifs is 1. The molecule has 2 aliphatic rings. The maximum Gasteiger partial charge on any atom is 0.408 e. The van der Waals surface area contributed by atoms with E-state index in [4.69, 9.17) is 0 Å². The lowest BCUT2D eigenvalue weighted by Crippen LogP contribution is -2.62. The second-order valence-electron chi connectivity index (χ2n) is 5.48. The van der Waals surface area contributed by atoms with E-state index in [0.29, 0.717) is 6.54 Å². The SMILES string of the molecule is O=C1NC[C@@H]1N(Cc1ccc2c(c1)CCCC2)C(=O)O. The fourth-order valence-electron chi connectivity index (χ4n) is 2.92. The molecule has 0 spiro atoms. The summed E-state index contributed by atoms with van der Waals surface area (Å²) in [4.78, 5) is 23.9. The molecule has 1 atom stereocenters. The summed E-state index contributed by atoms with van der Waals surface area (Å²) in [5.74, 6) is -0.203. The van der Waals surface area contributed by atoms with Gasteiger partial charge in [-0.2, -0.15) is 0 Å². The number of nitrogens with one attached hydrogen (secondary N) is 1. The lowest BCUT2D eigenvalue weighted by atomic mass is 9.90. The third kappa shape index (κ3) is 2.35. The van der Waals surface area contributed by atoms with Crippen molar-refractivity contribution < 1.29 is 14.7 Å². The van der Waals surface area contributed by atoms with Crippen molar-refractivity contribution in [2.45, 2.75) is 38.3 Å². The molecular formula is C15H18N2O3. The lowest BCUT2D eigenvalue weighted by molar-refractivity contribution is -0.132. The van der Waals surface area contributed by atoms with Crippen LogP contribution < -0.4 is 5.32 Å². The maximum atomic E-state index is 11.4. The number of amides is 2. The van der Waals surface area contributed by atoms with Gasteiger partial charge in [0, 0.05) is 13.1 Å². The Kier molecular flexibility index (Phi) is 3.34. The van der Waals surface area contributed by atoms with Crippen molar-refractivity contribution in [2.75, 3.05) is 6.54 Å². The fourth-order valence-corrected chi connectivity index (χ4v) is 2.92. The Labute approximate surface area is 117 Å². The minimum Gasteiger partial charge on any atom is -0.465 e. The first-order valence-corrected chi connectivity index (χ1v) is 7.03. The molecule has 0 radical (unpaired) electrons. The standard InChI is InChI=1S/C15H18N2O3/c18-14-13(8-16-14)17(15(19)20)9-10-5-6-11-3-1-2-4-12(11)7-10/h5-7,13H,1-4,8-9H2,(H,16,18)(H,19,20)/t13-/m0/s1. The first-order chi connectivity index (χ1) is 9.65. The van der Waals surface area contributed by atoms with E-state index in [2.05, 4.69) is 17.4 Å². The van der Waals surface area contributed by atoms with Gasteiger partial charge in [0.05, 0.1) is 0 Å². The van der Waals surface area contributed by atoms with Crippen LogP contribution in [0.15, 0.2) is 18.2 Å². The summed E-state index contributed by atoms with van der Waals surface area (Å²) in [6.45, 7) is 0.691. The molecule has 1 heterocycles. The highest BCUT2D eigenvalue weighted by Gasteiger charge is 2.36. The van der Waals surface area contributed by atoms with Crippen LogP contribution in [-0.2, 0) is 24.2 Å². The van der Waals surface area contributed by atoms with E-state index >= 15 is 0 Å². The largest absolute Gasteiger partial charge is 0.465 e. The van der Waals surface area contributed by atoms with Crippen molar-refractivity contribution in [1.82, 2.24) is 10.2 Å². The van der Waals surface area contributed by atoms with Gasteiger partial charge < -0.3 is 10.4 Å². The van der Waals surface area contributed by atoms with Gasteiger partial charge in [-0.3, -0.25) is 9.69 Å². The molecule has 0 unspecified atom stereocenters. The van der Waals surface area contributed by atoms with Crippen molar-refractivity contribution in [3.05, 3.63) is 34.9 Å². The van der Waals surface area contributed by atoms with Gasteiger partial charge in [0.15, 0.2) is 0 Å². The van der Waals surface area contributed by atoms with Crippen LogP contribution in [0.2, 0.25) is 0 Å². The summed E-state index contributed by atoms with van der Waals surface area (Å²) in [7, 11) is 0. The van der Waals surface area contributed by atoms with Crippen LogP contribution >= 0.6 is 0 Å². The van der Waals surface area contributed by atoms with Gasteiger partial charge in [-0.1, -0.05) is 18.2 Å². The highest BCUT2D eigenvalue weighted by Crippen LogP contribution is 2.23. The Morgan fingerprint density at radius 2 is 2.05 bits per heavy atom. The average molecular weight is 274 g/mol. The Bertz CT molecular complexity index is 556. The van der Waals surface area contributed by atoms with E-state index in [-0.39, 0.29) is 12.5 Å². The molecule has 1 aliphatic carbocycles. The predicted octanol–water partition coefficient (Wildman–Crippen LogP) is 1.54. The molecule has 2 N–H and O–H groups in total. The van der Waals surface area contributed by atoms with E-state index < -0.39 is 12.1 Å². The second-order valence-corrected chi connectivity index (χ2v) is 5.48. The number of β-lactam (4-membered cyclic amide) rings is 1. The molecule has 1 fully saturated rings. The normalized spacial score (nSPS) is 20.6. The van der Waals surface area contributed by atoms with Crippen LogP contribution in [0.3, 0.4) is 0 Å². The van der Waals surface area contributed by atoms with Crippen molar-refractivity contribution in [3.8, 4) is 0 Å².